The highest BCUT2D eigenvalue weighted by molar-refractivity contribution is 5.99. The maximum Gasteiger partial charge on any atom is 0.336 e. The molecular weight excluding hydrogens is 188 g/mol. The highest BCUT2D eigenvalue weighted by Crippen LogP contribution is 2.36. The minimum atomic E-state index is -1.16. The predicted molar refractivity (Wildman–Crippen MR) is 44.9 cm³/mol. The zero-order valence-electron chi connectivity index (χ0n) is 7.02. The number of fused-ring (bicyclic) bond motifs is 1. The molecule has 0 aliphatic carbocycles. The summed E-state index contributed by atoms with van der Waals surface area (Å²) in [5.74, 6) is -0.553. The van der Waals surface area contributed by atoms with Crippen LogP contribution in [0.3, 0.4) is 0 Å². The summed E-state index contributed by atoms with van der Waals surface area (Å²) in [6.45, 7) is 0.0131. The second-order valence-electron chi connectivity index (χ2n) is 2.68. The highest BCUT2D eigenvalue weighted by atomic mass is 16.7. The Morgan fingerprint density at radius 2 is 2.21 bits per heavy atom. The maximum atomic E-state index is 10.7. The van der Waals surface area contributed by atoms with Crippen LogP contribution in [0.4, 0.5) is 0 Å². The molecule has 0 atom stereocenters. The van der Waals surface area contributed by atoms with Gasteiger partial charge < -0.3 is 14.6 Å². The van der Waals surface area contributed by atoms with Gasteiger partial charge >= 0.3 is 5.97 Å². The molecule has 5 nitrogen and oxygen atoms in total. The lowest BCUT2D eigenvalue weighted by Crippen LogP contribution is -2.02. The van der Waals surface area contributed by atoms with Crippen LogP contribution in [-0.4, -0.2) is 24.2 Å². The van der Waals surface area contributed by atoms with Gasteiger partial charge in [-0.05, 0) is 12.1 Å². The third kappa shape index (κ3) is 1.10. The third-order valence-corrected chi connectivity index (χ3v) is 1.93. The number of carbonyl (C=O) groups is 2. The highest BCUT2D eigenvalue weighted by Gasteiger charge is 2.22. The lowest BCUT2D eigenvalue weighted by Gasteiger charge is -2.02. The van der Waals surface area contributed by atoms with Gasteiger partial charge in [-0.2, -0.15) is 0 Å². The molecule has 72 valence electrons. The van der Waals surface area contributed by atoms with E-state index in [1.165, 1.54) is 12.1 Å². The van der Waals surface area contributed by atoms with Crippen molar-refractivity contribution in [2.45, 2.75) is 0 Å². The molecule has 0 radical (unpaired) electrons. The lowest BCUT2D eigenvalue weighted by atomic mass is 10.1. The SMILES string of the molecule is O=Cc1c(C(=O)O)ccc2c1OCO2. The summed E-state index contributed by atoms with van der Waals surface area (Å²) in [7, 11) is 0. The standard InChI is InChI=1S/C9H6O5/c10-3-6-5(9(11)12)1-2-7-8(6)14-4-13-7/h1-3H,4H2,(H,11,12). The Bertz CT molecular complexity index is 410. The molecule has 0 saturated carbocycles. The van der Waals surface area contributed by atoms with E-state index in [2.05, 4.69) is 0 Å². The molecule has 2 rings (SSSR count). The van der Waals surface area contributed by atoms with Crippen molar-refractivity contribution in [3.8, 4) is 11.5 Å². The molecule has 0 unspecified atom stereocenters. The third-order valence-electron chi connectivity index (χ3n) is 1.93. The van der Waals surface area contributed by atoms with Gasteiger partial charge in [0.05, 0.1) is 11.1 Å². The molecule has 0 saturated heterocycles. The number of carboxylic acids is 1. The van der Waals surface area contributed by atoms with Gasteiger partial charge in [0, 0.05) is 0 Å². The summed E-state index contributed by atoms with van der Waals surface area (Å²) in [4.78, 5) is 21.4. The van der Waals surface area contributed by atoms with Gasteiger partial charge in [-0.1, -0.05) is 0 Å². The summed E-state index contributed by atoms with van der Waals surface area (Å²) in [5, 5.41) is 8.77. The minimum absolute atomic E-state index is 0.0131. The number of carboxylic acid groups (broad SMARTS) is 1. The fraction of sp³-hybridized carbons (Fsp3) is 0.111. The topological polar surface area (TPSA) is 72.8 Å². The van der Waals surface area contributed by atoms with E-state index in [0.717, 1.165) is 0 Å². The zero-order valence-corrected chi connectivity index (χ0v) is 7.02. The summed E-state index contributed by atoms with van der Waals surface area (Å²) in [6.07, 6.45) is 0.455. The van der Waals surface area contributed by atoms with E-state index in [0.29, 0.717) is 12.0 Å². The van der Waals surface area contributed by atoms with Crippen molar-refractivity contribution in [1.29, 1.82) is 0 Å². The van der Waals surface area contributed by atoms with Crippen LogP contribution in [0.2, 0.25) is 0 Å². The molecule has 0 aromatic heterocycles. The zero-order chi connectivity index (χ0) is 10.1. The van der Waals surface area contributed by atoms with Gasteiger partial charge in [0.1, 0.15) is 0 Å². The van der Waals surface area contributed by atoms with Crippen molar-refractivity contribution in [3.63, 3.8) is 0 Å². The van der Waals surface area contributed by atoms with Gasteiger partial charge in [0.2, 0.25) is 6.79 Å². The van der Waals surface area contributed by atoms with Gasteiger partial charge in [-0.15, -0.1) is 0 Å². The lowest BCUT2D eigenvalue weighted by molar-refractivity contribution is 0.0693. The first-order valence-electron chi connectivity index (χ1n) is 3.85. The van der Waals surface area contributed by atoms with E-state index in [1.807, 2.05) is 0 Å². The van der Waals surface area contributed by atoms with Gasteiger partial charge in [-0.25, -0.2) is 4.79 Å². The molecule has 1 aliphatic heterocycles. The van der Waals surface area contributed by atoms with Crippen molar-refractivity contribution >= 4 is 12.3 Å². The molecule has 0 bridgehead atoms. The smallest absolute Gasteiger partial charge is 0.336 e. The number of benzene rings is 1. The molecule has 0 spiro atoms. The van der Waals surface area contributed by atoms with Crippen LogP contribution in [0, 0.1) is 0 Å². The quantitative estimate of drug-likeness (QED) is 0.709. The Labute approximate surface area is 78.9 Å². The van der Waals surface area contributed by atoms with Crippen LogP contribution in [0.25, 0.3) is 0 Å². The molecule has 5 heteroatoms. The molecule has 1 N–H and O–H groups in total. The van der Waals surface area contributed by atoms with Crippen molar-refractivity contribution in [1.82, 2.24) is 0 Å². The largest absolute Gasteiger partial charge is 0.478 e. The van der Waals surface area contributed by atoms with Crippen LogP contribution in [-0.2, 0) is 0 Å². The van der Waals surface area contributed by atoms with E-state index in [4.69, 9.17) is 14.6 Å². The van der Waals surface area contributed by atoms with E-state index in [-0.39, 0.29) is 23.7 Å². The molecule has 0 fully saturated rings. The summed E-state index contributed by atoms with van der Waals surface area (Å²) in [6, 6.07) is 2.79. The number of ether oxygens (including phenoxy) is 2. The van der Waals surface area contributed by atoms with Crippen LogP contribution >= 0.6 is 0 Å². The Morgan fingerprint density at radius 1 is 1.43 bits per heavy atom. The number of carbonyl (C=O) groups excluding carboxylic acids is 1. The Hall–Kier alpha value is -2.04. The molecule has 1 aliphatic rings. The van der Waals surface area contributed by atoms with Crippen molar-refractivity contribution in [2.24, 2.45) is 0 Å². The van der Waals surface area contributed by atoms with Gasteiger partial charge in [0.25, 0.3) is 0 Å². The second kappa shape index (κ2) is 3.02. The van der Waals surface area contributed by atoms with Crippen LogP contribution < -0.4 is 9.47 Å². The number of aldehydes is 1. The second-order valence-corrected chi connectivity index (χ2v) is 2.68. The Balaban J connectivity index is 2.65. The van der Waals surface area contributed by atoms with Crippen LogP contribution in [0.5, 0.6) is 11.5 Å². The van der Waals surface area contributed by atoms with Gasteiger partial charge in [-0.3, -0.25) is 4.79 Å². The molecule has 14 heavy (non-hydrogen) atoms. The first-order chi connectivity index (χ1) is 6.74. The normalized spacial score (nSPS) is 12.6. The fourth-order valence-electron chi connectivity index (χ4n) is 1.30. The summed E-state index contributed by atoms with van der Waals surface area (Å²) < 4.78 is 10.00. The molecule has 0 amide bonds. The molecule has 1 heterocycles. The maximum absolute atomic E-state index is 10.7. The number of hydrogen-bond donors (Lipinski definition) is 1. The monoisotopic (exact) mass is 194 g/mol. The van der Waals surface area contributed by atoms with Crippen molar-refractivity contribution in [3.05, 3.63) is 23.3 Å². The van der Waals surface area contributed by atoms with Crippen LogP contribution in [0.15, 0.2) is 12.1 Å². The number of aromatic carboxylic acids is 1. The number of rotatable bonds is 2. The molecule has 1 aromatic rings. The first-order valence-corrected chi connectivity index (χ1v) is 3.85. The van der Waals surface area contributed by atoms with Crippen LogP contribution in [0.1, 0.15) is 20.7 Å². The van der Waals surface area contributed by atoms with Gasteiger partial charge in [0.15, 0.2) is 17.8 Å². The summed E-state index contributed by atoms with van der Waals surface area (Å²) >= 11 is 0. The Kier molecular flexibility index (Phi) is 1.85. The predicted octanol–water partition coefficient (Wildman–Crippen LogP) is 0.926. The van der Waals surface area contributed by atoms with E-state index >= 15 is 0 Å². The van der Waals surface area contributed by atoms with E-state index in [9.17, 15) is 9.59 Å². The number of hydrogen-bond acceptors (Lipinski definition) is 4. The average Bonchev–Trinajstić information content (AvgIpc) is 2.63. The molecular formula is C9H6O5. The Morgan fingerprint density at radius 3 is 2.86 bits per heavy atom. The van der Waals surface area contributed by atoms with E-state index < -0.39 is 5.97 Å². The fourth-order valence-corrected chi connectivity index (χ4v) is 1.30. The minimum Gasteiger partial charge on any atom is -0.478 e. The van der Waals surface area contributed by atoms with E-state index in [1.54, 1.807) is 0 Å². The van der Waals surface area contributed by atoms with Crippen molar-refractivity contribution < 1.29 is 24.2 Å². The molecule has 1 aromatic carbocycles. The first kappa shape index (κ1) is 8.55. The average molecular weight is 194 g/mol. The van der Waals surface area contributed by atoms with Crippen molar-refractivity contribution in [2.75, 3.05) is 6.79 Å². The summed E-state index contributed by atoms with van der Waals surface area (Å²) in [5.41, 5.74) is -0.0586.